The molecule has 0 aromatic heterocycles. The molecule has 1 heterocycles. The van der Waals surface area contributed by atoms with Gasteiger partial charge >= 0.3 is 5.97 Å². The average molecular weight is 445 g/mol. The fraction of sp³-hybridized carbons (Fsp3) is 0.200. The van der Waals surface area contributed by atoms with E-state index < -0.39 is 22.6 Å². The quantitative estimate of drug-likeness (QED) is 0.341. The predicted molar refractivity (Wildman–Crippen MR) is 111 cm³/mol. The molecule has 0 spiro atoms. The summed E-state index contributed by atoms with van der Waals surface area (Å²) in [6.45, 7) is -0.486. The van der Waals surface area contributed by atoms with E-state index in [1.807, 2.05) is 0 Å². The Bertz CT molecular complexity index is 1190. The number of fused-ring (bicyclic) bond motifs is 1. The molecule has 11 heteroatoms. The van der Waals surface area contributed by atoms with Crippen LogP contribution in [0.5, 0.6) is 5.75 Å². The zero-order chi connectivity index (χ0) is 22.8. The summed E-state index contributed by atoms with van der Waals surface area (Å²) in [6, 6.07) is 10.6. The summed E-state index contributed by atoms with van der Waals surface area (Å²) in [5.74, 6) is -1.61. The zero-order valence-corrected chi connectivity index (χ0v) is 17.3. The average Bonchev–Trinajstić information content (AvgIpc) is 3.00. The highest BCUT2D eigenvalue weighted by Gasteiger charge is 2.29. The molecule has 0 saturated heterocycles. The van der Waals surface area contributed by atoms with Gasteiger partial charge in [-0.15, -0.1) is 4.40 Å². The predicted octanol–water partition coefficient (Wildman–Crippen LogP) is 0.654. The highest BCUT2D eigenvalue weighted by molar-refractivity contribution is 7.89. The number of carbonyl (C=O) groups excluding carboxylic acids is 2. The van der Waals surface area contributed by atoms with Crippen LogP contribution in [0.2, 0.25) is 0 Å². The molecule has 1 aliphatic heterocycles. The van der Waals surface area contributed by atoms with Crippen molar-refractivity contribution in [3.63, 3.8) is 0 Å². The maximum atomic E-state index is 12.6. The van der Waals surface area contributed by atoms with Crippen molar-refractivity contribution >= 4 is 33.5 Å². The minimum absolute atomic E-state index is 0.162. The minimum atomic E-state index is -3.66. The number of amides is 1. The summed E-state index contributed by atoms with van der Waals surface area (Å²) in [7, 11) is -3.66. The molecule has 3 rings (SSSR count). The van der Waals surface area contributed by atoms with Gasteiger partial charge in [0.25, 0.3) is 15.9 Å². The van der Waals surface area contributed by atoms with Gasteiger partial charge in [-0.25, -0.2) is 13.2 Å². The molecule has 0 atom stereocenters. The molecular formula is C20H19N3O7S. The van der Waals surface area contributed by atoms with Crippen molar-refractivity contribution in [3.8, 4) is 5.75 Å². The van der Waals surface area contributed by atoms with Crippen LogP contribution in [0.25, 0.3) is 0 Å². The van der Waals surface area contributed by atoms with E-state index in [-0.39, 0.29) is 30.6 Å². The Morgan fingerprint density at radius 2 is 1.81 bits per heavy atom. The molecule has 0 bridgehead atoms. The number of amidine groups is 1. The van der Waals surface area contributed by atoms with Gasteiger partial charge in [-0.05, 0) is 42.0 Å². The molecule has 0 saturated carbocycles. The van der Waals surface area contributed by atoms with Crippen molar-refractivity contribution in [2.45, 2.75) is 6.54 Å². The first-order chi connectivity index (χ1) is 14.5. The van der Waals surface area contributed by atoms with Gasteiger partial charge in [-0.1, -0.05) is 6.07 Å². The lowest BCUT2D eigenvalue weighted by atomic mass is 10.1. The van der Waals surface area contributed by atoms with Gasteiger partial charge in [0.1, 0.15) is 11.6 Å². The van der Waals surface area contributed by atoms with E-state index in [1.54, 1.807) is 6.07 Å². The van der Waals surface area contributed by atoms with E-state index >= 15 is 0 Å². The van der Waals surface area contributed by atoms with Crippen molar-refractivity contribution in [1.82, 2.24) is 4.90 Å². The highest BCUT2D eigenvalue weighted by Crippen LogP contribution is 2.24. The largest absolute Gasteiger partial charge is 0.482 e. The molecule has 31 heavy (non-hydrogen) atoms. The second kappa shape index (κ2) is 8.56. The zero-order valence-electron chi connectivity index (χ0n) is 16.4. The van der Waals surface area contributed by atoms with Crippen LogP contribution in [0, 0.1) is 0 Å². The van der Waals surface area contributed by atoms with E-state index in [4.69, 9.17) is 15.6 Å². The van der Waals surface area contributed by atoms with Crippen LogP contribution >= 0.6 is 0 Å². The second-order valence-corrected chi connectivity index (χ2v) is 8.52. The van der Waals surface area contributed by atoms with Crippen LogP contribution in [-0.2, 0) is 21.4 Å². The SMILES string of the molecule is CS(=O)(=O)/N=C(\N)c1ccc2c(c1)CN(CC(=O)c1ccc(OCC(=O)O)cc1)C2=O. The number of rotatable bonds is 8. The van der Waals surface area contributed by atoms with Crippen LogP contribution in [0.3, 0.4) is 0 Å². The second-order valence-electron chi connectivity index (χ2n) is 6.87. The van der Waals surface area contributed by atoms with Gasteiger partial charge in [0.15, 0.2) is 12.4 Å². The Balaban J connectivity index is 1.70. The van der Waals surface area contributed by atoms with Gasteiger partial charge in [0, 0.05) is 23.2 Å². The summed E-state index contributed by atoms with van der Waals surface area (Å²) in [4.78, 5) is 37.1. The van der Waals surface area contributed by atoms with E-state index in [9.17, 15) is 22.8 Å². The number of ketones is 1. The van der Waals surface area contributed by atoms with Crippen LogP contribution in [0.15, 0.2) is 46.9 Å². The number of sulfonamides is 1. The maximum Gasteiger partial charge on any atom is 0.341 e. The first-order valence-electron chi connectivity index (χ1n) is 8.99. The summed E-state index contributed by atoms with van der Waals surface area (Å²) in [5, 5.41) is 8.62. The smallest absolute Gasteiger partial charge is 0.341 e. The molecule has 162 valence electrons. The summed E-state index contributed by atoms with van der Waals surface area (Å²) in [5.41, 5.74) is 7.45. The van der Waals surface area contributed by atoms with Crippen molar-refractivity contribution in [3.05, 3.63) is 64.7 Å². The third-order valence-electron chi connectivity index (χ3n) is 4.42. The number of carboxylic acids is 1. The number of aliphatic carboxylic acids is 1. The van der Waals surface area contributed by atoms with Gasteiger partial charge in [0.05, 0.1) is 12.8 Å². The number of hydrogen-bond acceptors (Lipinski definition) is 6. The highest BCUT2D eigenvalue weighted by atomic mass is 32.2. The molecule has 3 N–H and O–H groups in total. The third kappa shape index (κ3) is 5.45. The van der Waals surface area contributed by atoms with Crippen LogP contribution in [0.4, 0.5) is 0 Å². The van der Waals surface area contributed by atoms with Crippen molar-refractivity contribution in [2.24, 2.45) is 10.1 Å². The van der Waals surface area contributed by atoms with Gasteiger partial charge in [-0.2, -0.15) is 0 Å². The molecular weight excluding hydrogens is 426 g/mol. The van der Waals surface area contributed by atoms with E-state index in [2.05, 4.69) is 4.40 Å². The van der Waals surface area contributed by atoms with Gasteiger partial charge < -0.3 is 20.5 Å². The standard InChI is InChI=1S/C20H19N3O7S/c1-31(28,29)22-19(21)13-4-7-16-14(8-13)9-23(20(16)27)10-17(24)12-2-5-15(6-3-12)30-11-18(25)26/h2-8H,9-11H2,1H3,(H2,21,22)(H,25,26). The Hall–Kier alpha value is -3.73. The number of nitrogens with two attached hydrogens (primary N) is 1. The number of Topliss-reactive ketones (excluding diaryl/α,β-unsaturated/α-hetero) is 1. The summed E-state index contributed by atoms with van der Waals surface area (Å²) < 4.78 is 31.0. The van der Waals surface area contributed by atoms with Gasteiger partial charge in [-0.3, -0.25) is 9.59 Å². The van der Waals surface area contributed by atoms with Crippen molar-refractivity contribution in [1.29, 1.82) is 0 Å². The molecule has 10 nitrogen and oxygen atoms in total. The van der Waals surface area contributed by atoms with Crippen LogP contribution < -0.4 is 10.5 Å². The maximum absolute atomic E-state index is 12.6. The lowest BCUT2D eigenvalue weighted by Crippen LogP contribution is -2.30. The Morgan fingerprint density at radius 3 is 2.42 bits per heavy atom. The lowest BCUT2D eigenvalue weighted by molar-refractivity contribution is -0.139. The molecule has 1 aliphatic rings. The number of hydrogen-bond donors (Lipinski definition) is 2. The molecule has 2 aromatic rings. The van der Waals surface area contributed by atoms with E-state index in [0.29, 0.717) is 28.0 Å². The van der Waals surface area contributed by atoms with Crippen LogP contribution in [0.1, 0.15) is 31.8 Å². The minimum Gasteiger partial charge on any atom is -0.482 e. The molecule has 0 radical (unpaired) electrons. The lowest BCUT2D eigenvalue weighted by Gasteiger charge is -2.14. The number of nitrogens with zero attached hydrogens (tertiary/aromatic N) is 2. The Kier molecular flexibility index (Phi) is 6.07. The van der Waals surface area contributed by atoms with Crippen LogP contribution in [-0.4, -0.2) is 61.3 Å². The number of benzene rings is 2. The van der Waals surface area contributed by atoms with Gasteiger partial charge in [0.2, 0.25) is 0 Å². The fourth-order valence-corrected chi connectivity index (χ4v) is 3.51. The monoisotopic (exact) mass is 445 g/mol. The van der Waals surface area contributed by atoms with Crippen molar-refractivity contribution in [2.75, 3.05) is 19.4 Å². The van der Waals surface area contributed by atoms with E-state index in [1.165, 1.54) is 41.3 Å². The number of ether oxygens (including phenoxy) is 1. The number of carbonyl (C=O) groups is 3. The number of carboxylic acid groups (broad SMARTS) is 1. The fourth-order valence-electron chi connectivity index (χ4n) is 3.05. The van der Waals surface area contributed by atoms with Crippen molar-refractivity contribution < 1.29 is 32.6 Å². The Labute approximate surface area is 178 Å². The Morgan fingerprint density at radius 1 is 1.16 bits per heavy atom. The normalized spacial score (nSPS) is 13.8. The van der Waals surface area contributed by atoms with E-state index in [0.717, 1.165) is 6.26 Å². The molecule has 0 fully saturated rings. The molecule has 2 aromatic carbocycles. The topological polar surface area (TPSA) is 156 Å². The molecule has 1 amide bonds. The first-order valence-corrected chi connectivity index (χ1v) is 10.8. The summed E-state index contributed by atoms with van der Waals surface area (Å²) in [6.07, 6.45) is 0.926. The molecule has 0 aliphatic carbocycles. The first kappa shape index (κ1) is 22.0. The molecule has 0 unspecified atom stereocenters. The summed E-state index contributed by atoms with van der Waals surface area (Å²) >= 11 is 0. The third-order valence-corrected chi connectivity index (χ3v) is 4.95.